The molecule has 0 bridgehead atoms. The maximum absolute atomic E-state index is 11.8. The molecule has 0 spiro atoms. The van der Waals surface area contributed by atoms with E-state index in [0.717, 1.165) is 12.2 Å². The Hall–Kier alpha value is -2.77. The number of thiol groups is 1. The van der Waals surface area contributed by atoms with E-state index in [1.54, 1.807) is 0 Å². The Morgan fingerprint density at radius 2 is 1.24 bits per heavy atom. The second-order valence-corrected chi connectivity index (χ2v) is 6.32. The van der Waals surface area contributed by atoms with Gasteiger partial charge in [0.25, 0.3) is 0 Å². The van der Waals surface area contributed by atoms with Crippen molar-refractivity contribution in [2.75, 3.05) is 65.1 Å². The lowest BCUT2D eigenvalue weighted by atomic mass is 10.3. The molecule has 0 fully saturated rings. The van der Waals surface area contributed by atoms with E-state index < -0.39 is 30.2 Å². The van der Waals surface area contributed by atoms with Crippen LogP contribution in [0.2, 0.25) is 0 Å². The van der Waals surface area contributed by atoms with Gasteiger partial charge in [-0.15, -0.1) is 0 Å². The van der Waals surface area contributed by atoms with E-state index in [-0.39, 0.29) is 71.5 Å². The summed E-state index contributed by atoms with van der Waals surface area (Å²) in [5, 5.41) is 4.99. The highest BCUT2D eigenvalue weighted by atomic mass is 32.1. The van der Waals surface area contributed by atoms with Crippen LogP contribution < -0.4 is 10.6 Å². The summed E-state index contributed by atoms with van der Waals surface area (Å²) in [7, 11) is 0. The standard InChI is InChI=1S/C20H32N2O10S/c1-3-17(23)29-13-11-27-9-6-21-19(25)31-8-5-16(15-33)32-20(26)22-7-10-28-12-14-30-18(24)4-2/h3-4,16,33H,1-2,5-15H2,(H,21,25)(H,22,26). The highest BCUT2D eigenvalue weighted by Crippen LogP contribution is 2.02. The van der Waals surface area contributed by atoms with Crippen molar-refractivity contribution < 1.29 is 47.6 Å². The van der Waals surface area contributed by atoms with Gasteiger partial charge in [-0.2, -0.15) is 12.6 Å². The van der Waals surface area contributed by atoms with Gasteiger partial charge >= 0.3 is 24.1 Å². The predicted octanol–water partition coefficient (Wildman–Crippen LogP) is 0.619. The monoisotopic (exact) mass is 492 g/mol. The lowest BCUT2D eigenvalue weighted by Gasteiger charge is -2.16. The van der Waals surface area contributed by atoms with E-state index in [9.17, 15) is 19.2 Å². The van der Waals surface area contributed by atoms with Crippen LogP contribution in [0.1, 0.15) is 6.42 Å². The lowest BCUT2D eigenvalue weighted by Crippen LogP contribution is -2.33. The molecule has 0 aliphatic heterocycles. The summed E-state index contributed by atoms with van der Waals surface area (Å²) < 4.78 is 30.0. The highest BCUT2D eigenvalue weighted by molar-refractivity contribution is 7.80. The van der Waals surface area contributed by atoms with E-state index in [4.69, 9.17) is 28.4 Å². The van der Waals surface area contributed by atoms with Crippen molar-refractivity contribution in [2.45, 2.75) is 12.5 Å². The van der Waals surface area contributed by atoms with Gasteiger partial charge in [0.1, 0.15) is 19.3 Å². The minimum Gasteiger partial charge on any atom is -0.460 e. The average molecular weight is 493 g/mol. The third kappa shape index (κ3) is 19.6. The molecule has 12 nitrogen and oxygen atoms in total. The Labute approximate surface area is 198 Å². The molecule has 0 radical (unpaired) electrons. The van der Waals surface area contributed by atoms with Crippen molar-refractivity contribution in [2.24, 2.45) is 0 Å². The van der Waals surface area contributed by atoms with Crippen molar-refractivity contribution in [3.05, 3.63) is 25.3 Å². The molecule has 1 atom stereocenters. The van der Waals surface area contributed by atoms with Crippen molar-refractivity contribution in [3.63, 3.8) is 0 Å². The number of carbonyl (C=O) groups excluding carboxylic acids is 4. The molecule has 0 aromatic carbocycles. The first-order valence-corrected chi connectivity index (χ1v) is 10.8. The number of carbonyl (C=O) groups is 4. The molecular weight excluding hydrogens is 460 g/mol. The van der Waals surface area contributed by atoms with Gasteiger partial charge in [-0.25, -0.2) is 19.2 Å². The Bertz CT molecular complexity index is 618. The Morgan fingerprint density at radius 3 is 1.73 bits per heavy atom. The summed E-state index contributed by atoms with van der Waals surface area (Å²) in [5.74, 6) is -0.821. The fraction of sp³-hybridized carbons (Fsp3) is 0.600. The van der Waals surface area contributed by atoms with Crippen molar-refractivity contribution in [1.82, 2.24) is 10.6 Å². The average Bonchev–Trinajstić information content (AvgIpc) is 2.81. The molecule has 0 saturated carbocycles. The Morgan fingerprint density at radius 1 is 0.727 bits per heavy atom. The van der Waals surface area contributed by atoms with E-state index in [0.29, 0.717) is 0 Å². The molecule has 13 heteroatoms. The Balaban J connectivity index is 3.69. The number of hydrogen-bond acceptors (Lipinski definition) is 11. The minimum atomic E-state index is -0.656. The second kappa shape index (κ2) is 21.1. The largest absolute Gasteiger partial charge is 0.460 e. The summed E-state index contributed by atoms with van der Waals surface area (Å²) in [6.45, 7) is 7.95. The summed E-state index contributed by atoms with van der Waals surface area (Å²) >= 11 is 4.12. The zero-order chi connectivity index (χ0) is 24.7. The van der Waals surface area contributed by atoms with E-state index >= 15 is 0 Å². The van der Waals surface area contributed by atoms with Crippen LogP contribution in [0.15, 0.2) is 25.3 Å². The van der Waals surface area contributed by atoms with Crippen LogP contribution in [0.25, 0.3) is 0 Å². The summed E-state index contributed by atoms with van der Waals surface area (Å²) in [6.07, 6.45) is 0.520. The SMILES string of the molecule is C=CC(=O)OCCOCCNC(=O)OCCC(CS)OC(=O)NCCOCCOC(=O)C=C. The quantitative estimate of drug-likeness (QED) is 0.0770. The van der Waals surface area contributed by atoms with E-state index in [1.165, 1.54) is 0 Å². The van der Waals surface area contributed by atoms with E-state index in [2.05, 4.69) is 36.4 Å². The van der Waals surface area contributed by atoms with E-state index in [1.807, 2.05) is 0 Å². The molecule has 0 aromatic heterocycles. The van der Waals surface area contributed by atoms with Crippen molar-refractivity contribution in [1.29, 1.82) is 0 Å². The first kappa shape index (κ1) is 30.2. The number of rotatable bonds is 19. The molecule has 188 valence electrons. The third-order valence-electron chi connectivity index (χ3n) is 3.46. The molecule has 0 saturated heterocycles. The van der Waals surface area contributed by atoms with Crippen LogP contribution in [-0.4, -0.2) is 95.3 Å². The molecule has 1 unspecified atom stereocenters. The zero-order valence-corrected chi connectivity index (χ0v) is 19.3. The second-order valence-electron chi connectivity index (χ2n) is 5.96. The molecule has 0 rings (SSSR count). The van der Waals surface area contributed by atoms with Gasteiger partial charge < -0.3 is 39.1 Å². The number of alkyl carbamates (subject to hydrolysis) is 2. The van der Waals surface area contributed by atoms with Gasteiger partial charge in [-0.1, -0.05) is 13.2 Å². The molecule has 0 aliphatic carbocycles. The Kier molecular flexibility index (Phi) is 19.3. The smallest absolute Gasteiger partial charge is 0.407 e. The maximum atomic E-state index is 11.8. The minimum absolute atomic E-state index is 0.0231. The van der Waals surface area contributed by atoms with Gasteiger partial charge in [0, 0.05) is 37.4 Å². The first-order chi connectivity index (χ1) is 15.9. The lowest BCUT2D eigenvalue weighted by molar-refractivity contribution is -0.140. The van der Waals surface area contributed by atoms with Crippen LogP contribution in [0.5, 0.6) is 0 Å². The molecule has 33 heavy (non-hydrogen) atoms. The van der Waals surface area contributed by atoms with Crippen molar-refractivity contribution in [3.8, 4) is 0 Å². The number of ether oxygens (including phenoxy) is 6. The fourth-order valence-corrected chi connectivity index (χ4v) is 2.15. The molecule has 2 N–H and O–H groups in total. The van der Waals surface area contributed by atoms with Crippen LogP contribution >= 0.6 is 12.6 Å². The third-order valence-corrected chi connectivity index (χ3v) is 3.87. The summed E-state index contributed by atoms with van der Waals surface area (Å²) in [5.41, 5.74) is 0. The molecule has 0 aromatic rings. The number of hydrogen-bond donors (Lipinski definition) is 3. The van der Waals surface area contributed by atoms with Crippen LogP contribution in [0, 0.1) is 0 Å². The summed E-state index contributed by atoms with van der Waals surface area (Å²) in [6, 6.07) is 0. The van der Waals surface area contributed by atoms with Gasteiger partial charge in [0.2, 0.25) is 0 Å². The fourth-order valence-electron chi connectivity index (χ4n) is 1.89. The zero-order valence-electron chi connectivity index (χ0n) is 18.5. The first-order valence-electron chi connectivity index (χ1n) is 10.1. The number of amides is 2. The predicted molar refractivity (Wildman–Crippen MR) is 120 cm³/mol. The molecule has 0 heterocycles. The molecular formula is C20H32N2O10S. The van der Waals surface area contributed by atoms with Crippen molar-refractivity contribution >= 4 is 36.8 Å². The highest BCUT2D eigenvalue weighted by Gasteiger charge is 2.14. The maximum Gasteiger partial charge on any atom is 0.407 e. The van der Waals surface area contributed by atoms with Crippen LogP contribution in [-0.2, 0) is 38.0 Å². The molecule has 2 amide bonds. The normalized spacial score (nSPS) is 10.9. The number of esters is 2. The van der Waals surface area contributed by atoms with Crippen LogP contribution in [0.3, 0.4) is 0 Å². The van der Waals surface area contributed by atoms with Gasteiger partial charge in [-0.05, 0) is 0 Å². The van der Waals surface area contributed by atoms with Gasteiger partial charge in [0.15, 0.2) is 0 Å². The molecule has 0 aliphatic rings. The van der Waals surface area contributed by atoms with Gasteiger partial charge in [-0.3, -0.25) is 0 Å². The van der Waals surface area contributed by atoms with Gasteiger partial charge in [0.05, 0.1) is 33.0 Å². The number of nitrogens with one attached hydrogen (secondary N) is 2. The van der Waals surface area contributed by atoms with Crippen LogP contribution in [0.4, 0.5) is 9.59 Å². The summed E-state index contributed by atoms with van der Waals surface area (Å²) in [4.78, 5) is 45.0. The topological polar surface area (TPSA) is 148 Å².